The Labute approximate surface area is 151 Å². The molecule has 0 aliphatic carbocycles. The number of ether oxygens (including phenoxy) is 1. The van der Waals surface area contributed by atoms with Gasteiger partial charge in [-0.25, -0.2) is 4.98 Å². The molecule has 26 heavy (non-hydrogen) atoms. The van der Waals surface area contributed by atoms with Crippen LogP contribution in [0.4, 0.5) is 0 Å². The van der Waals surface area contributed by atoms with Gasteiger partial charge < -0.3 is 14.6 Å². The molecule has 0 saturated heterocycles. The molecule has 3 rings (SSSR count). The number of hydrogen-bond acceptors (Lipinski definition) is 4. The first kappa shape index (κ1) is 17.7. The minimum absolute atomic E-state index is 0.137. The van der Waals surface area contributed by atoms with Gasteiger partial charge in [-0.05, 0) is 43.7 Å². The van der Waals surface area contributed by atoms with Crippen LogP contribution in [-0.4, -0.2) is 34.4 Å². The third kappa shape index (κ3) is 3.44. The highest BCUT2D eigenvalue weighted by Crippen LogP contribution is 2.20. The lowest BCUT2D eigenvalue weighted by molar-refractivity contribution is 0.0748. The average molecular weight is 351 g/mol. The molecule has 1 aromatic heterocycles. The van der Waals surface area contributed by atoms with Crippen LogP contribution in [0.3, 0.4) is 0 Å². The summed E-state index contributed by atoms with van der Waals surface area (Å²) in [5.74, 6) is 0.994. The highest BCUT2D eigenvalue weighted by molar-refractivity contribution is 5.94. The van der Waals surface area contributed by atoms with Crippen LogP contribution in [0.25, 0.3) is 10.9 Å². The van der Waals surface area contributed by atoms with E-state index >= 15 is 0 Å². The third-order valence-corrected chi connectivity index (χ3v) is 4.33. The maximum absolute atomic E-state index is 12.9. The minimum atomic E-state index is -0.203. The van der Waals surface area contributed by atoms with E-state index in [2.05, 4.69) is 9.97 Å². The number of hydrogen-bond donors (Lipinski definition) is 1. The highest BCUT2D eigenvalue weighted by Gasteiger charge is 2.17. The van der Waals surface area contributed by atoms with Crippen molar-refractivity contribution in [1.29, 1.82) is 0 Å². The summed E-state index contributed by atoms with van der Waals surface area (Å²) in [6.45, 7) is 4.54. The number of aromatic nitrogens is 2. The van der Waals surface area contributed by atoms with Crippen molar-refractivity contribution in [3.63, 3.8) is 0 Å². The topological polar surface area (TPSA) is 75.3 Å². The van der Waals surface area contributed by atoms with Crippen LogP contribution >= 0.6 is 0 Å². The average Bonchev–Trinajstić information content (AvgIpc) is 2.66. The molecule has 0 spiro atoms. The van der Waals surface area contributed by atoms with Crippen LogP contribution in [0.1, 0.15) is 28.7 Å². The van der Waals surface area contributed by atoms with Gasteiger partial charge in [0.1, 0.15) is 11.6 Å². The molecule has 134 valence electrons. The van der Waals surface area contributed by atoms with E-state index in [0.29, 0.717) is 34.6 Å². The summed E-state index contributed by atoms with van der Waals surface area (Å²) >= 11 is 0. The maximum Gasteiger partial charge on any atom is 0.258 e. The van der Waals surface area contributed by atoms with Gasteiger partial charge in [-0.3, -0.25) is 9.59 Å². The Morgan fingerprint density at radius 3 is 2.73 bits per heavy atom. The molecule has 0 radical (unpaired) electrons. The van der Waals surface area contributed by atoms with Crippen molar-refractivity contribution in [3.8, 4) is 5.75 Å². The quantitative estimate of drug-likeness (QED) is 0.767. The number of amides is 1. The Kier molecular flexibility index (Phi) is 5.02. The lowest BCUT2D eigenvalue weighted by Crippen LogP contribution is -2.32. The predicted octanol–water partition coefficient (Wildman–Crippen LogP) is 2.90. The largest absolute Gasteiger partial charge is 0.496 e. The number of nitrogens with one attached hydrogen (secondary N) is 1. The lowest BCUT2D eigenvalue weighted by Gasteiger charge is -2.21. The maximum atomic E-state index is 12.9. The Balaban J connectivity index is 1.90. The molecular formula is C20H21N3O3. The molecule has 0 aliphatic rings. The zero-order valence-electron chi connectivity index (χ0n) is 15.1. The number of nitrogens with zero attached hydrogens (tertiary/aromatic N) is 2. The number of benzene rings is 2. The monoisotopic (exact) mass is 351 g/mol. The second kappa shape index (κ2) is 7.39. The normalized spacial score (nSPS) is 10.7. The van der Waals surface area contributed by atoms with E-state index in [9.17, 15) is 9.59 Å². The van der Waals surface area contributed by atoms with Crippen molar-refractivity contribution in [1.82, 2.24) is 14.9 Å². The molecule has 0 fully saturated rings. The molecule has 0 aliphatic heterocycles. The molecule has 0 unspecified atom stereocenters. The Morgan fingerprint density at radius 1 is 1.23 bits per heavy atom. The second-order valence-electron chi connectivity index (χ2n) is 6.03. The van der Waals surface area contributed by atoms with E-state index in [4.69, 9.17) is 4.74 Å². The van der Waals surface area contributed by atoms with Gasteiger partial charge in [0, 0.05) is 12.1 Å². The summed E-state index contributed by atoms with van der Waals surface area (Å²) in [7, 11) is 1.58. The molecule has 6 nitrogen and oxygen atoms in total. The van der Waals surface area contributed by atoms with Gasteiger partial charge in [-0.1, -0.05) is 18.2 Å². The summed E-state index contributed by atoms with van der Waals surface area (Å²) in [6, 6.07) is 12.5. The molecule has 1 heterocycles. The van der Waals surface area contributed by atoms with E-state index in [1.807, 2.05) is 26.0 Å². The summed E-state index contributed by atoms with van der Waals surface area (Å²) in [4.78, 5) is 34.0. The molecule has 1 amide bonds. The molecule has 0 atom stereocenters. The highest BCUT2D eigenvalue weighted by atomic mass is 16.5. The summed E-state index contributed by atoms with van der Waals surface area (Å²) in [5.41, 5.74) is 1.92. The van der Waals surface area contributed by atoms with Gasteiger partial charge in [0.15, 0.2) is 0 Å². The number of carbonyl (C=O) groups is 1. The van der Waals surface area contributed by atoms with Gasteiger partial charge in [-0.2, -0.15) is 0 Å². The van der Waals surface area contributed by atoms with E-state index in [-0.39, 0.29) is 18.0 Å². The Hall–Kier alpha value is -3.15. The van der Waals surface area contributed by atoms with Crippen molar-refractivity contribution in [3.05, 3.63) is 69.8 Å². The summed E-state index contributed by atoms with van der Waals surface area (Å²) in [5, 5.41) is 0.536. The third-order valence-electron chi connectivity index (χ3n) is 4.33. The summed E-state index contributed by atoms with van der Waals surface area (Å²) < 4.78 is 5.30. The zero-order chi connectivity index (χ0) is 18.7. The van der Waals surface area contributed by atoms with Crippen LogP contribution in [0.15, 0.2) is 47.3 Å². The Bertz CT molecular complexity index is 1010. The summed E-state index contributed by atoms with van der Waals surface area (Å²) in [6.07, 6.45) is 0. The van der Waals surface area contributed by atoms with Crippen molar-refractivity contribution >= 4 is 16.8 Å². The lowest BCUT2D eigenvalue weighted by atomic mass is 10.1. The van der Waals surface area contributed by atoms with Gasteiger partial charge in [0.2, 0.25) is 0 Å². The molecule has 6 heteroatoms. The fourth-order valence-electron chi connectivity index (χ4n) is 2.85. The number of H-pyrrole nitrogens is 1. The molecule has 3 aromatic rings. The smallest absolute Gasteiger partial charge is 0.258 e. The van der Waals surface area contributed by atoms with Crippen LogP contribution in [0.5, 0.6) is 5.75 Å². The number of fused-ring (bicyclic) bond motifs is 1. The van der Waals surface area contributed by atoms with E-state index in [1.165, 1.54) is 0 Å². The van der Waals surface area contributed by atoms with Gasteiger partial charge >= 0.3 is 0 Å². The first-order valence-corrected chi connectivity index (χ1v) is 8.45. The van der Waals surface area contributed by atoms with Crippen molar-refractivity contribution in [2.45, 2.75) is 20.4 Å². The zero-order valence-corrected chi connectivity index (χ0v) is 15.1. The second-order valence-corrected chi connectivity index (χ2v) is 6.03. The SMILES string of the molecule is CCN(Cc1nc2ccccc2c(=O)[nH]1)C(=O)c1ccc(C)c(OC)c1. The number of aryl methyl sites for hydroxylation is 1. The number of carbonyl (C=O) groups excluding carboxylic acids is 1. The van der Waals surface area contributed by atoms with Gasteiger partial charge in [0.05, 0.1) is 24.6 Å². The van der Waals surface area contributed by atoms with Crippen LogP contribution in [-0.2, 0) is 6.54 Å². The van der Waals surface area contributed by atoms with Crippen molar-refractivity contribution in [2.24, 2.45) is 0 Å². The van der Waals surface area contributed by atoms with E-state index in [1.54, 1.807) is 42.3 Å². The molecule has 2 aromatic carbocycles. The van der Waals surface area contributed by atoms with Crippen LogP contribution < -0.4 is 10.3 Å². The number of aromatic amines is 1. The molecule has 0 bridgehead atoms. The Morgan fingerprint density at radius 2 is 2.00 bits per heavy atom. The fraction of sp³-hybridized carbons (Fsp3) is 0.250. The molecular weight excluding hydrogens is 330 g/mol. The number of rotatable bonds is 5. The molecule has 0 saturated carbocycles. The van der Waals surface area contributed by atoms with Crippen molar-refractivity contribution in [2.75, 3.05) is 13.7 Å². The minimum Gasteiger partial charge on any atom is -0.496 e. The van der Waals surface area contributed by atoms with Crippen LogP contribution in [0, 0.1) is 6.92 Å². The first-order valence-electron chi connectivity index (χ1n) is 8.45. The number of para-hydroxylation sites is 1. The standard InChI is InChI=1S/C20H21N3O3/c1-4-23(20(25)14-10-9-13(2)17(11-14)26-3)12-18-21-16-8-6-5-7-15(16)19(24)22-18/h5-11H,4,12H2,1-3H3,(H,21,22,24). The fourth-order valence-corrected chi connectivity index (χ4v) is 2.85. The van der Waals surface area contributed by atoms with Crippen molar-refractivity contribution < 1.29 is 9.53 Å². The van der Waals surface area contributed by atoms with Crippen LogP contribution in [0.2, 0.25) is 0 Å². The predicted molar refractivity (Wildman–Crippen MR) is 101 cm³/mol. The van der Waals surface area contributed by atoms with E-state index in [0.717, 1.165) is 5.56 Å². The van der Waals surface area contributed by atoms with Gasteiger partial charge in [0.25, 0.3) is 11.5 Å². The first-order chi connectivity index (χ1) is 12.5. The van der Waals surface area contributed by atoms with E-state index < -0.39 is 0 Å². The van der Waals surface area contributed by atoms with Gasteiger partial charge in [-0.15, -0.1) is 0 Å². The molecule has 1 N–H and O–H groups in total. The number of methoxy groups -OCH3 is 1.